The molecule has 8 N–H and O–H groups in total. The molecule has 0 unspecified atom stereocenters. The molecule has 4 heterocycles. The normalized spacial score (nSPS) is 21.9. The Kier molecular flexibility index (Phi) is 20.7. The van der Waals surface area contributed by atoms with Crippen LogP contribution in [0.3, 0.4) is 0 Å². The molecule has 16 nitrogen and oxygen atoms in total. The standard InChI is InChI=1S/C22H30O4.C22H26O4.2C18H22O4/c2*1-5-6-7-8-14-12-17-19(20(23)18(14)21(24)25)15-11-13(2)9-10-16(15)22(3,4)26-17;1-9-5-6-12-11(7-9)15-13(22-18(12,3)4)8-10(2)14(16(15)19)17(20)21;1-9-5-6-12-11(7-9)15-13(19)8-10(2)14(17(20)21)16(15)22-18(12,3)4/h9,12,15-16,23H,5-8,10-11H2,1-4H3,(H,24,25);9-12,23H,5-8H2,1-4H3,(H,24,25);2*7-8,11-12,19H,5-6H2,1-4H3,(H,20,21)/t15-,16-;;2*11-,12-/m1.11/s1. The van der Waals surface area contributed by atoms with Crippen LogP contribution < -0.4 is 18.9 Å². The van der Waals surface area contributed by atoms with Crippen LogP contribution in [0.1, 0.15) is 276 Å². The number of hydrogen-bond donors (Lipinski definition) is 8. The van der Waals surface area contributed by atoms with E-state index in [1.807, 2.05) is 58.9 Å². The molecule has 0 radical (unpaired) electrons. The van der Waals surface area contributed by atoms with Crippen molar-refractivity contribution in [3.05, 3.63) is 150 Å². The molecule has 4 aliphatic heterocycles. The highest BCUT2D eigenvalue weighted by molar-refractivity contribution is 5.99. The van der Waals surface area contributed by atoms with Gasteiger partial charge in [-0.15, -0.1) is 0 Å². The van der Waals surface area contributed by atoms with Crippen molar-refractivity contribution < 1.29 is 79.0 Å². The number of fused-ring (bicyclic) bond motifs is 12. The number of allylic oxidation sites excluding steroid dienone is 6. The fourth-order valence-corrected chi connectivity index (χ4v) is 16.3. The summed E-state index contributed by atoms with van der Waals surface area (Å²) in [6.45, 7) is 32.2. The van der Waals surface area contributed by atoms with E-state index in [9.17, 15) is 60.0 Å². The van der Waals surface area contributed by atoms with Gasteiger partial charge in [-0.2, -0.15) is 0 Å². The van der Waals surface area contributed by atoms with Gasteiger partial charge in [-0.1, -0.05) is 98.2 Å². The van der Waals surface area contributed by atoms with E-state index < -0.39 is 35.1 Å². The number of carboxylic acids is 4. The van der Waals surface area contributed by atoms with Crippen LogP contribution in [0.15, 0.2) is 77.4 Å². The monoisotopic (exact) mass is 1320 g/mol. The third kappa shape index (κ3) is 13.9. The molecule has 6 atom stereocenters. The van der Waals surface area contributed by atoms with Gasteiger partial charge in [0.1, 0.15) is 90.7 Å². The Morgan fingerprint density at radius 1 is 0.500 bits per heavy atom. The molecule has 0 fully saturated rings. The fourth-order valence-electron chi connectivity index (χ4n) is 16.3. The van der Waals surface area contributed by atoms with Crippen LogP contribution in [-0.2, 0) is 18.4 Å². The molecule has 0 aromatic heterocycles. The zero-order valence-electron chi connectivity index (χ0n) is 59.0. The molecule has 0 saturated carbocycles. The number of benzene rings is 5. The van der Waals surface area contributed by atoms with Gasteiger partial charge in [0.15, 0.2) is 0 Å². The molecule has 96 heavy (non-hydrogen) atoms. The first-order chi connectivity index (χ1) is 45.0. The fraction of sp³-hybridized carbons (Fsp3) is 0.500. The van der Waals surface area contributed by atoms with Gasteiger partial charge in [0.25, 0.3) is 0 Å². The number of unbranched alkanes of at least 4 members (excludes halogenated alkanes) is 4. The topological polar surface area (TPSA) is 267 Å². The molecule has 0 saturated heterocycles. The number of carbonyl (C=O) groups is 4. The number of phenols is 4. The Balaban J connectivity index is 0.000000151. The largest absolute Gasteiger partial charge is 0.507 e. The maximum Gasteiger partial charge on any atom is 0.339 e. The average Bonchev–Trinajstić information content (AvgIpc) is 0.760. The number of phenolic OH excluding ortho intramolecular Hbond substituents is 1. The van der Waals surface area contributed by atoms with E-state index in [1.54, 1.807) is 32.0 Å². The van der Waals surface area contributed by atoms with Crippen molar-refractivity contribution in [1.29, 1.82) is 0 Å². The number of aromatic carboxylic acids is 4. The predicted molar refractivity (Wildman–Crippen MR) is 372 cm³/mol. The highest BCUT2D eigenvalue weighted by Crippen LogP contribution is 2.59. The molecule has 3 aliphatic carbocycles. The summed E-state index contributed by atoms with van der Waals surface area (Å²) in [5, 5.41) is 81.3. The van der Waals surface area contributed by atoms with Gasteiger partial charge in [0.05, 0.1) is 5.56 Å². The maximum atomic E-state index is 11.9. The minimum Gasteiger partial charge on any atom is -0.507 e. The summed E-state index contributed by atoms with van der Waals surface area (Å²) in [5.74, 6) is -1.57. The predicted octanol–water partition coefficient (Wildman–Crippen LogP) is 18.9. The van der Waals surface area contributed by atoms with Crippen LogP contribution >= 0.6 is 0 Å². The first kappa shape index (κ1) is 71.9. The van der Waals surface area contributed by atoms with E-state index >= 15 is 0 Å². The number of aryl methyl sites for hydroxylation is 5. The van der Waals surface area contributed by atoms with Gasteiger partial charge in [0, 0.05) is 57.8 Å². The van der Waals surface area contributed by atoms with E-state index in [4.69, 9.17) is 18.9 Å². The van der Waals surface area contributed by atoms with Crippen molar-refractivity contribution in [3.63, 3.8) is 0 Å². The molecule has 16 heteroatoms. The SMILES string of the molecule is CC1=C[C@H]2c3c(O)cc(C)c(C(=O)O)c3OC(C)(C)[C@@H]2CC1.CC1=C[C@H]2c3c(cc(C)c(C(=O)O)c3O)OC(C)(C)[C@@H]2CC1.CCCCCc1cc2c(c(O)c1C(=O)O)-c1cc(C)ccc1C(C)(C)O2.CCCCCc1cc2c(c(O)c1C(=O)O)[C@@H]1CC(C)=CC[C@H]1C(C)(C)O2. The Bertz CT molecular complexity index is 3970. The number of ether oxygens (including phenoxy) is 4. The van der Waals surface area contributed by atoms with E-state index in [-0.39, 0.29) is 92.0 Å². The highest BCUT2D eigenvalue weighted by atomic mass is 16.5. The van der Waals surface area contributed by atoms with E-state index in [1.165, 1.54) is 16.7 Å². The molecule has 5 aromatic rings. The second-order valence-corrected chi connectivity index (χ2v) is 29.9. The summed E-state index contributed by atoms with van der Waals surface area (Å²) in [7, 11) is 0. The van der Waals surface area contributed by atoms with Crippen molar-refractivity contribution in [3.8, 4) is 57.1 Å². The minimum atomic E-state index is -1.10. The number of rotatable bonds is 12. The lowest BCUT2D eigenvalue weighted by Crippen LogP contribution is -2.45. The van der Waals surface area contributed by atoms with Crippen molar-refractivity contribution in [2.24, 2.45) is 17.8 Å². The van der Waals surface area contributed by atoms with Crippen molar-refractivity contribution >= 4 is 23.9 Å². The molecule has 0 amide bonds. The first-order valence-corrected chi connectivity index (χ1v) is 34.3. The molecule has 0 bridgehead atoms. The number of aromatic hydroxyl groups is 4. The quantitative estimate of drug-likeness (QED) is 0.0426. The van der Waals surface area contributed by atoms with Gasteiger partial charge in [0.2, 0.25) is 0 Å². The molecular formula is C80H100O16. The van der Waals surface area contributed by atoms with Crippen molar-refractivity contribution in [2.45, 2.75) is 241 Å². The van der Waals surface area contributed by atoms with E-state index in [0.29, 0.717) is 80.3 Å². The Morgan fingerprint density at radius 3 is 1.52 bits per heavy atom. The zero-order valence-corrected chi connectivity index (χ0v) is 59.0. The maximum absolute atomic E-state index is 11.9. The molecule has 5 aromatic carbocycles. The van der Waals surface area contributed by atoms with Gasteiger partial charge in [-0.05, 0) is 213 Å². The second kappa shape index (κ2) is 27.6. The van der Waals surface area contributed by atoms with E-state index in [2.05, 4.69) is 80.5 Å². The van der Waals surface area contributed by atoms with Crippen LogP contribution in [0.5, 0.6) is 46.0 Å². The lowest BCUT2D eigenvalue weighted by molar-refractivity contribution is 0.00728. The number of carboxylic acid groups (broad SMARTS) is 4. The van der Waals surface area contributed by atoms with Crippen LogP contribution in [0, 0.1) is 38.5 Å². The molecule has 516 valence electrons. The summed E-state index contributed by atoms with van der Waals surface area (Å²) in [4.78, 5) is 46.9. The lowest BCUT2D eigenvalue weighted by Gasteiger charge is -2.47. The molecule has 12 rings (SSSR count). The first-order valence-electron chi connectivity index (χ1n) is 34.3. The summed E-state index contributed by atoms with van der Waals surface area (Å²) >= 11 is 0. The van der Waals surface area contributed by atoms with Gasteiger partial charge in [-0.25, -0.2) is 19.2 Å². The van der Waals surface area contributed by atoms with Gasteiger partial charge in [-0.3, -0.25) is 0 Å². The molecule has 0 spiro atoms. The minimum absolute atomic E-state index is 0.00406. The van der Waals surface area contributed by atoms with Gasteiger partial charge >= 0.3 is 23.9 Å². The Labute approximate surface area is 565 Å². The van der Waals surface area contributed by atoms with Gasteiger partial charge < -0.3 is 59.8 Å². The summed E-state index contributed by atoms with van der Waals surface area (Å²) < 4.78 is 24.7. The lowest BCUT2D eigenvalue weighted by atomic mass is 9.66. The number of hydrogen-bond acceptors (Lipinski definition) is 12. The summed E-state index contributed by atoms with van der Waals surface area (Å²) in [6, 6.07) is 12.9. The molecule has 7 aliphatic rings. The third-order valence-corrected chi connectivity index (χ3v) is 21.2. The van der Waals surface area contributed by atoms with Crippen molar-refractivity contribution in [1.82, 2.24) is 0 Å². The van der Waals surface area contributed by atoms with Crippen LogP contribution in [0.2, 0.25) is 0 Å². The van der Waals surface area contributed by atoms with Crippen LogP contribution in [0.4, 0.5) is 0 Å². The Hall–Kier alpha value is -8.40. The van der Waals surface area contributed by atoms with Crippen LogP contribution in [-0.4, -0.2) is 81.5 Å². The average molecular weight is 1320 g/mol. The van der Waals surface area contributed by atoms with Crippen LogP contribution in [0.25, 0.3) is 11.1 Å². The smallest absolute Gasteiger partial charge is 0.339 e. The van der Waals surface area contributed by atoms with Crippen molar-refractivity contribution in [2.75, 3.05) is 0 Å². The summed E-state index contributed by atoms with van der Waals surface area (Å²) in [6.07, 6.45) is 19.5. The second-order valence-electron chi connectivity index (χ2n) is 29.9. The molecular weight excluding hydrogens is 1220 g/mol. The Morgan fingerprint density at radius 2 is 0.979 bits per heavy atom. The zero-order chi connectivity index (χ0) is 70.6. The third-order valence-electron chi connectivity index (χ3n) is 21.2. The highest BCUT2D eigenvalue weighted by Gasteiger charge is 2.50. The van der Waals surface area contributed by atoms with E-state index in [0.717, 1.165) is 93.7 Å². The summed E-state index contributed by atoms with van der Waals surface area (Å²) in [5.41, 5.74) is 10.0.